The van der Waals surface area contributed by atoms with Gasteiger partial charge in [0.1, 0.15) is 10.7 Å². The molecule has 0 saturated carbocycles. The van der Waals surface area contributed by atoms with Crippen LogP contribution in [0.25, 0.3) is 23.4 Å². The second kappa shape index (κ2) is 3.33. The SMILES string of the molecule is N/C=c1/nc2ccccc2n/c1=C/N. The fraction of sp³-hybridized carbons (Fsp3) is 0. The maximum absolute atomic E-state index is 5.41. The lowest BCUT2D eigenvalue weighted by atomic mass is 10.3. The van der Waals surface area contributed by atoms with Crippen LogP contribution in [-0.4, -0.2) is 9.97 Å². The van der Waals surface area contributed by atoms with Crippen molar-refractivity contribution in [3.05, 3.63) is 35.0 Å². The first-order valence-electron chi connectivity index (χ1n) is 4.22. The molecular weight excluding hydrogens is 176 g/mol. The third-order valence-electron chi connectivity index (χ3n) is 1.94. The fourth-order valence-corrected chi connectivity index (χ4v) is 1.27. The quantitative estimate of drug-likeness (QED) is 0.554. The van der Waals surface area contributed by atoms with E-state index in [1.165, 1.54) is 12.4 Å². The van der Waals surface area contributed by atoms with Crippen molar-refractivity contribution in [2.24, 2.45) is 11.5 Å². The molecule has 0 bridgehead atoms. The Morgan fingerprint density at radius 3 is 1.64 bits per heavy atom. The van der Waals surface area contributed by atoms with Crippen LogP contribution < -0.4 is 22.2 Å². The van der Waals surface area contributed by atoms with Crippen molar-refractivity contribution < 1.29 is 0 Å². The highest BCUT2D eigenvalue weighted by Gasteiger charge is 1.95. The topological polar surface area (TPSA) is 77.8 Å². The Bertz CT molecular complexity index is 522. The van der Waals surface area contributed by atoms with Crippen LogP contribution in [0, 0.1) is 0 Å². The van der Waals surface area contributed by atoms with E-state index in [1.54, 1.807) is 0 Å². The second-order valence-electron chi connectivity index (χ2n) is 2.82. The molecule has 0 spiro atoms. The Labute approximate surface area is 80.6 Å². The molecule has 1 aromatic heterocycles. The largest absolute Gasteiger partial charge is 0.403 e. The maximum atomic E-state index is 5.41. The van der Waals surface area contributed by atoms with Crippen LogP contribution in [0.15, 0.2) is 24.3 Å². The van der Waals surface area contributed by atoms with Gasteiger partial charge in [0, 0.05) is 12.4 Å². The summed E-state index contributed by atoms with van der Waals surface area (Å²) in [6, 6.07) is 7.58. The number of aromatic nitrogens is 2. The minimum absolute atomic E-state index is 0.603. The van der Waals surface area contributed by atoms with E-state index in [2.05, 4.69) is 9.97 Å². The second-order valence-corrected chi connectivity index (χ2v) is 2.82. The van der Waals surface area contributed by atoms with E-state index < -0.39 is 0 Å². The molecule has 2 aromatic rings. The summed E-state index contributed by atoms with van der Waals surface area (Å²) < 4.78 is 0. The highest BCUT2D eigenvalue weighted by atomic mass is 14.8. The van der Waals surface area contributed by atoms with Crippen molar-refractivity contribution in [3.8, 4) is 0 Å². The van der Waals surface area contributed by atoms with Gasteiger partial charge in [0.2, 0.25) is 0 Å². The van der Waals surface area contributed by atoms with Crippen LogP contribution in [0.5, 0.6) is 0 Å². The number of fused-ring (bicyclic) bond motifs is 1. The molecule has 1 heterocycles. The van der Waals surface area contributed by atoms with Gasteiger partial charge in [-0.2, -0.15) is 0 Å². The smallest absolute Gasteiger partial charge is 0.106 e. The van der Waals surface area contributed by atoms with E-state index in [4.69, 9.17) is 11.5 Å². The van der Waals surface area contributed by atoms with Crippen LogP contribution in [0.3, 0.4) is 0 Å². The zero-order chi connectivity index (χ0) is 9.97. The van der Waals surface area contributed by atoms with E-state index in [9.17, 15) is 0 Å². The van der Waals surface area contributed by atoms with Crippen LogP contribution >= 0.6 is 0 Å². The van der Waals surface area contributed by atoms with Gasteiger partial charge in [-0.25, -0.2) is 9.97 Å². The number of rotatable bonds is 0. The van der Waals surface area contributed by atoms with Gasteiger partial charge in [-0.1, -0.05) is 12.1 Å². The summed E-state index contributed by atoms with van der Waals surface area (Å²) in [6.07, 6.45) is 2.80. The first kappa shape index (κ1) is 8.50. The van der Waals surface area contributed by atoms with Crippen LogP contribution in [0.2, 0.25) is 0 Å². The molecular formula is C10H10N4. The molecule has 0 aliphatic heterocycles. The number of hydrogen-bond donors (Lipinski definition) is 2. The lowest BCUT2D eigenvalue weighted by Crippen LogP contribution is -2.33. The molecule has 1 aromatic carbocycles. The summed E-state index contributed by atoms with van der Waals surface area (Å²) in [6.45, 7) is 0. The molecule has 4 N–H and O–H groups in total. The molecule has 0 radical (unpaired) electrons. The number of para-hydroxylation sites is 2. The molecule has 14 heavy (non-hydrogen) atoms. The van der Waals surface area contributed by atoms with Crippen LogP contribution in [0.1, 0.15) is 0 Å². The monoisotopic (exact) mass is 186 g/mol. The van der Waals surface area contributed by atoms with Crippen molar-refractivity contribution in [2.45, 2.75) is 0 Å². The van der Waals surface area contributed by atoms with E-state index in [0.717, 1.165) is 11.0 Å². The van der Waals surface area contributed by atoms with Crippen molar-refractivity contribution in [1.82, 2.24) is 9.97 Å². The van der Waals surface area contributed by atoms with Gasteiger partial charge in [-0.15, -0.1) is 0 Å². The minimum atomic E-state index is 0.603. The molecule has 0 aliphatic rings. The maximum Gasteiger partial charge on any atom is 0.106 e. The summed E-state index contributed by atoms with van der Waals surface area (Å²) in [5.41, 5.74) is 12.5. The Kier molecular flexibility index (Phi) is 2.02. The van der Waals surface area contributed by atoms with E-state index in [-0.39, 0.29) is 0 Å². The van der Waals surface area contributed by atoms with E-state index in [1.807, 2.05) is 24.3 Å². The molecule has 4 heteroatoms. The van der Waals surface area contributed by atoms with Gasteiger partial charge in [-0.05, 0) is 12.1 Å². The molecule has 0 amide bonds. The first-order chi connectivity index (χ1) is 6.85. The van der Waals surface area contributed by atoms with Gasteiger partial charge in [0.05, 0.1) is 11.0 Å². The molecule has 0 aliphatic carbocycles. The first-order valence-corrected chi connectivity index (χ1v) is 4.22. The zero-order valence-electron chi connectivity index (χ0n) is 7.51. The molecule has 4 nitrogen and oxygen atoms in total. The Morgan fingerprint density at radius 2 is 1.29 bits per heavy atom. The van der Waals surface area contributed by atoms with Crippen molar-refractivity contribution in [3.63, 3.8) is 0 Å². The highest BCUT2D eigenvalue weighted by molar-refractivity contribution is 5.73. The third-order valence-corrected chi connectivity index (χ3v) is 1.94. The van der Waals surface area contributed by atoms with Gasteiger partial charge in [0.15, 0.2) is 0 Å². The van der Waals surface area contributed by atoms with Gasteiger partial charge < -0.3 is 11.5 Å². The third kappa shape index (κ3) is 1.26. The molecule has 0 fully saturated rings. The molecule has 0 unspecified atom stereocenters. The summed E-state index contributed by atoms with van der Waals surface area (Å²) in [5, 5.41) is 1.21. The average molecular weight is 186 g/mol. The standard InChI is InChI=1S/C10H10N4/c11-5-9-10(6-12)14-8-4-2-1-3-7(8)13-9/h1-6H,11-12H2/b9-5+,10-6+. The fourth-order valence-electron chi connectivity index (χ4n) is 1.27. The van der Waals surface area contributed by atoms with E-state index in [0.29, 0.717) is 10.7 Å². The number of benzene rings is 1. The van der Waals surface area contributed by atoms with Crippen molar-refractivity contribution in [2.75, 3.05) is 0 Å². The van der Waals surface area contributed by atoms with E-state index >= 15 is 0 Å². The Hall–Kier alpha value is -2.10. The lowest BCUT2D eigenvalue weighted by molar-refractivity contribution is 1.16. The highest BCUT2D eigenvalue weighted by Crippen LogP contribution is 2.02. The van der Waals surface area contributed by atoms with Gasteiger partial charge in [-0.3, -0.25) is 0 Å². The Morgan fingerprint density at radius 1 is 0.857 bits per heavy atom. The van der Waals surface area contributed by atoms with Crippen molar-refractivity contribution >= 4 is 23.4 Å². The van der Waals surface area contributed by atoms with Crippen LogP contribution in [-0.2, 0) is 0 Å². The van der Waals surface area contributed by atoms with Crippen LogP contribution in [0.4, 0.5) is 0 Å². The predicted molar refractivity (Wildman–Crippen MR) is 56.1 cm³/mol. The minimum Gasteiger partial charge on any atom is -0.403 e. The molecule has 0 atom stereocenters. The molecule has 0 saturated heterocycles. The summed E-state index contributed by atoms with van der Waals surface area (Å²) in [5.74, 6) is 0. The molecule has 2 rings (SSSR count). The number of hydrogen-bond acceptors (Lipinski definition) is 4. The van der Waals surface area contributed by atoms with Gasteiger partial charge >= 0.3 is 0 Å². The number of nitrogens with zero attached hydrogens (tertiary/aromatic N) is 2. The normalized spacial score (nSPS) is 13.7. The average Bonchev–Trinajstić information content (AvgIpc) is 2.27. The van der Waals surface area contributed by atoms with Gasteiger partial charge in [0.25, 0.3) is 0 Å². The summed E-state index contributed by atoms with van der Waals surface area (Å²) >= 11 is 0. The van der Waals surface area contributed by atoms with Crippen molar-refractivity contribution in [1.29, 1.82) is 0 Å². The molecule has 70 valence electrons. The summed E-state index contributed by atoms with van der Waals surface area (Å²) in [7, 11) is 0. The number of nitrogens with two attached hydrogens (primary N) is 2. The summed E-state index contributed by atoms with van der Waals surface area (Å²) in [4.78, 5) is 8.62. The predicted octanol–water partition coefficient (Wildman–Crippen LogP) is -0.977. The lowest BCUT2D eigenvalue weighted by Gasteiger charge is -1.95. The zero-order valence-corrected chi connectivity index (χ0v) is 7.51. The Balaban J connectivity index is 2.98.